The van der Waals surface area contributed by atoms with Gasteiger partial charge in [0.1, 0.15) is 5.82 Å². The van der Waals surface area contributed by atoms with Gasteiger partial charge in [0.2, 0.25) is 0 Å². The fourth-order valence-electron chi connectivity index (χ4n) is 1.40. The van der Waals surface area contributed by atoms with Crippen LogP contribution in [0.1, 0.15) is 5.56 Å². The van der Waals surface area contributed by atoms with Crippen LogP contribution >= 0.6 is 0 Å². The minimum atomic E-state index is 0.612. The lowest BCUT2D eigenvalue weighted by Crippen LogP contribution is -2.40. The number of nitriles is 1. The minimum Gasteiger partial charge on any atom is -0.379 e. The van der Waals surface area contributed by atoms with E-state index in [9.17, 15) is 0 Å². The molecule has 0 unspecified atom stereocenters. The number of nitrogens with one attached hydrogen (secondary N) is 1. The van der Waals surface area contributed by atoms with E-state index in [-0.39, 0.29) is 0 Å². The number of hydrazine groups is 1. The van der Waals surface area contributed by atoms with Crippen LogP contribution in [0.5, 0.6) is 0 Å². The first kappa shape index (κ1) is 9.90. The maximum atomic E-state index is 8.73. The van der Waals surface area contributed by atoms with Crippen LogP contribution in [-0.4, -0.2) is 36.3 Å². The number of morpholine rings is 1. The molecule has 1 saturated heterocycles. The molecule has 5 heteroatoms. The Bertz CT molecular complexity index is 368. The molecule has 78 valence electrons. The summed E-state index contributed by atoms with van der Waals surface area (Å²) in [7, 11) is 0. The molecule has 0 spiro atoms. The lowest BCUT2D eigenvalue weighted by molar-refractivity contribution is 0.0495. The van der Waals surface area contributed by atoms with Crippen molar-refractivity contribution in [1.29, 1.82) is 5.26 Å². The molecule has 2 heterocycles. The average Bonchev–Trinajstić information content (AvgIpc) is 2.31. The Morgan fingerprint density at radius 3 is 3.00 bits per heavy atom. The molecule has 15 heavy (non-hydrogen) atoms. The van der Waals surface area contributed by atoms with Crippen molar-refractivity contribution in [2.24, 2.45) is 0 Å². The van der Waals surface area contributed by atoms with Crippen LogP contribution in [0.3, 0.4) is 0 Å². The second kappa shape index (κ2) is 4.73. The molecule has 1 aromatic heterocycles. The first-order valence-corrected chi connectivity index (χ1v) is 4.84. The topological polar surface area (TPSA) is 61.2 Å². The molecule has 0 bridgehead atoms. The van der Waals surface area contributed by atoms with Gasteiger partial charge in [-0.3, -0.25) is 0 Å². The van der Waals surface area contributed by atoms with Gasteiger partial charge in [-0.2, -0.15) is 5.26 Å². The number of hydrogen-bond acceptors (Lipinski definition) is 5. The summed E-state index contributed by atoms with van der Waals surface area (Å²) in [5.74, 6) is 0.705. The number of pyridine rings is 1. The van der Waals surface area contributed by atoms with Gasteiger partial charge in [-0.25, -0.2) is 9.99 Å². The molecule has 1 aliphatic heterocycles. The molecule has 0 atom stereocenters. The highest BCUT2D eigenvalue weighted by atomic mass is 16.5. The van der Waals surface area contributed by atoms with Crippen LogP contribution < -0.4 is 5.43 Å². The van der Waals surface area contributed by atoms with Crippen LogP contribution in [0.4, 0.5) is 5.82 Å². The molecule has 1 N–H and O–H groups in total. The first-order chi connectivity index (χ1) is 7.38. The van der Waals surface area contributed by atoms with E-state index < -0.39 is 0 Å². The zero-order valence-corrected chi connectivity index (χ0v) is 8.31. The molecule has 0 saturated carbocycles. The van der Waals surface area contributed by atoms with E-state index in [1.54, 1.807) is 18.3 Å². The van der Waals surface area contributed by atoms with E-state index in [1.165, 1.54) is 0 Å². The third-order valence-corrected chi connectivity index (χ3v) is 2.17. The van der Waals surface area contributed by atoms with Crippen LogP contribution in [-0.2, 0) is 4.74 Å². The molecule has 0 aliphatic carbocycles. The summed E-state index contributed by atoms with van der Waals surface area (Å²) in [6, 6.07) is 5.50. The van der Waals surface area contributed by atoms with E-state index in [2.05, 4.69) is 16.5 Å². The smallest absolute Gasteiger partial charge is 0.141 e. The van der Waals surface area contributed by atoms with Gasteiger partial charge in [0.15, 0.2) is 0 Å². The van der Waals surface area contributed by atoms with Crippen molar-refractivity contribution in [3.8, 4) is 6.07 Å². The Morgan fingerprint density at radius 2 is 2.27 bits per heavy atom. The monoisotopic (exact) mass is 204 g/mol. The molecular formula is C10H12N4O. The lowest BCUT2D eigenvalue weighted by Gasteiger charge is -2.27. The Balaban J connectivity index is 2.00. The highest BCUT2D eigenvalue weighted by molar-refractivity contribution is 5.41. The van der Waals surface area contributed by atoms with E-state index in [1.807, 2.05) is 5.01 Å². The Morgan fingerprint density at radius 1 is 1.47 bits per heavy atom. The van der Waals surface area contributed by atoms with E-state index in [0.717, 1.165) is 26.3 Å². The Kier molecular flexibility index (Phi) is 3.12. The van der Waals surface area contributed by atoms with Gasteiger partial charge in [-0.05, 0) is 12.1 Å². The van der Waals surface area contributed by atoms with E-state index >= 15 is 0 Å². The summed E-state index contributed by atoms with van der Waals surface area (Å²) in [4.78, 5) is 4.14. The van der Waals surface area contributed by atoms with E-state index in [0.29, 0.717) is 11.4 Å². The summed E-state index contributed by atoms with van der Waals surface area (Å²) in [5, 5.41) is 10.8. The largest absolute Gasteiger partial charge is 0.379 e. The number of ether oxygens (including phenoxy) is 1. The molecule has 0 amide bonds. The van der Waals surface area contributed by atoms with Gasteiger partial charge in [-0.15, -0.1) is 0 Å². The zero-order chi connectivity index (χ0) is 10.5. The van der Waals surface area contributed by atoms with Crippen molar-refractivity contribution in [1.82, 2.24) is 9.99 Å². The normalized spacial score (nSPS) is 17.0. The molecule has 2 rings (SSSR count). The number of aromatic nitrogens is 1. The van der Waals surface area contributed by atoms with Crippen LogP contribution in [0, 0.1) is 11.3 Å². The number of hydrogen-bond donors (Lipinski definition) is 1. The quantitative estimate of drug-likeness (QED) is 0.764. The van der Waals surface area contributed by atoms with Crippen molar-refractivity contribution in [2.45, 2.75) is 0 Å². The maximum Gasteiger partial charge on any atom is 0.141 e. The van der Waals surface area contributed by atoms with Crippen LogP contribution in [0.15, 0.2) is 18.3 Å². The van der Waals surface area contributed by atoms with Gasteiger partial charge >= 0.3 is 0 Å². The van der Waals surface area contributed by atoms with Gasteiger partial charge in [0.05, 0.1) is 24.8 Å². The third-order valence-electron chi connectivity index (χ3n) is 2.17. The average molecular weight is 204 g/mol. The number of rotatable bonds is 2. The van der Waals surface area contributed by atoms with Gasteiger partial charge in [0, 0.05) is 19.3 Å². The number of anilines is 1. The predicted molar refractivity (Wildman–Crippen MR) is 55.0 cm³/mol. The molecule has 5 nitrogen and oxygen atoms in total. The summed E-state index contributed by atoms with van der Waals surface area (Å²) in [6.07, 6.45) is 1.63. The summed E-state index contributed by atoms with van der Waals surface area (Å²) in [5.41, 5.74) is 3.76. The van der Waals surface area contributed by atoms with Gasteiger partial charge in [-0.1, -0.05) is 0 Å². The van der Waals surface area contributed by atoms with Crippen molar-refractivity contribution in [3.05, 3.63) is 23.9 Å². The van der Waals surface area contributed by atoms with Crippen molar-refractivity contribution >= 4 is 5.82 Å². The minimum absolute atomic E-state index is 0.612. The SMILES string of the molecule is N#Cc1ccnc(NN2CCOCC2)c1. The van der Waals surface area contributed by atoms with Gasteiger partial charge in [0.25, 0.3) is 0 Å². The fraction of sp³-hybridized carbons (Fsp3) is 0.400. The Labute approximate surface area is 88.3 Å². The highest BCUT2D eigenvalue weighted by Gasteiger charge is 2.10. The molecule has 1 fully saturated rings. The van der Waals surface area contributed by atoms with Gasteiger partial charge < -0.3 is 10.2 Å². The predicted octanol–water partition coefficient (Wildman–Crippen LogP) is 0.612. The zero-order valence-electron chi connectivity index (χ0n) is 8.31. The molecular weight excluding hydrogens is 192 g/mol. The summed E-state index contributed by atoms with van der Waals surface area (Å²) >= 11 is 0. The van der Waals surface area contributed by atoms with Crippen molar-refractivity contribution in [2.75, 3.05) is 31.7 Å². The van der Waals surface area contributed by atoms with Crippen molar-refractivity contribution in [3.63, 3.8) is 0 Å². The molecule has 1 aromatic rings. The lowest BCUT2D eigenvalue weighted by atomic mass is 10.3. The van der Waals surface area contributed by atoms with Crippen molar-refractivity contribution < 1.29 is 4.74 Å². The van der Waals surface area contributed by atoms with Crippen LogP contribution in [0.2, 0.25) is 0 Å². The van der Waals surface area contributed by atoms with Crippen LogP contribution in [0.25, 0.3) is 0 Å². The first-order valence-electron chi connectivity index (χ1n) is 4.84. The summed E-state index contributed by atoms with van der Waals surface area (Å²) < 4.78 is 5.23. The second-order valence-electron chi connectivity index (χ2n) is 3.25. The molecule has 1 aliphatic rings. The second-order valence-corrected chi connectivity index (χ2v) is 3.25. The Hall–Kier alpha value is -1.64. The summed E-state index contributed by atoms with van der Waals surface area (Å²) in [6.45, 7) is 3.12. The standard InChI is InChI=1S/C10H12N4O/c11-8-9-1-2-12-10(7-9)13-14-3-5-15-6-4-14/h1-2,7H,3-6H2,(H,12,13). The maximum absolute atomic E-state index is 8.73. The number of nitrogens with zero attached hydrogens (tertiary/aromatic N) is 3. The fourth-order valence-corrected chi connectivity index (χ4v) is 1.40. The molecule has 0 aromatic carbocycles. The highest BCUT2D eigenvalue weighted by Crippen LogP contribution is 2.07. The van der Waals surface area contributed by atoms with E-state index in [4.69, 9.17) is 10.00 Å². The molecule has 0 radical (unpaired) electrons. The third kappa shape index (κ3) is 2.65.